The van der Waals surface area contributed by atoms with Crippen molar-refractivity contribution < 1.29 is 102 Å². The third kappa shape index (κ3) is 25.2. The van der Waals surface area contributed by atoms with Crippen LogP contribution in [0.15, 0.2) is 115 Å². The number of aryl methyl sites for hydroxylation is 1. The van der Waals surface area contributed by atoms with Crippen molar-refractivity contribution in [3.63, 3.8) is 0 Å². The van der Waals surface area contributed by atoms with Gasteiger partial charge in [-0.3, -0.25) is 14.3 Å². The zero-order chi connectivity index (χ0) is 69.0. The first-order valence-electron chi connectivity index (χ1n) is 27.7. The van der Waals surface area contributed by atoms with Crippen LogP contribution in [0.1, 0.15) is 89.0 Å². The van der Waals surface area contributed by atoms with E-state index in [1.165, 1.54) is 63.8 Å². The lowest BCUT2D eigenvalue weighted by molar-refractivity contribution is -0.276. The number of methoxy groups -OCH3 is 9. The number of hydrogen-bond donors (Lipinski definition) is 3. The van der Waals surface area contributed by atoms with E-state index >= 15 is 0 Å². The highest BCUT2D eigenvalue weighted by molar-refractivity contribution is 5.92. The van der Waals surface area contributed by atoms with Gasteiger partial charge in [0.25, 0.3) is 0 Å². The summed E-state index contributed by atoms with van der Waals surface area (Å²) in [6, 6.07) is 31.2. The monoisotopic (exact) mass is 1310 g/mol. The Kier molecular flexibility index (Phi) is 30.6. The Morgan fingerprint density at radius 2 is 0.848 bits per heavy atom. The number of carbonyl (C=O) groups excluding carboxylic acids is 2. The van der Waals surface area contributed by atoms with Gasteiger partial charge in [-0.2, -0.15) is 13.9 Å². The molecule has 1 aromatic heterocycles. The van der Waals surface area contributed by atoms with Gasteiger partial charge < -0.3 is 73.2 Å². The van der Waals surface area contributed by atoms with Crippen LogP contribution < -0.4 is 73.2 Å². The molecule has 0 saturated carbocycles. The fourth-order valence-corrected chi connectivity index (χ4v) is 8.24. The molecule has 6 aromatic carbocycles. The lowest BCUT2D eigenvalue weighted by Crippen LogP contribution is -2.19. The normalized spacial score (nSPS) is 11.0. The van der Waals surface area contributed by atoms with Crippen LogP contribution in [0.25, 0.3) is 0 Å². The summed E-state index contributed by atoms with van der Waals surface area (Å²) in [4.78, 5) is 21.7. The first kappa shape index (κ1) is 77.0. The maximum atomic E-state index is 12.6. The molecule has 27 heteroatoms. The number of aldehydes is 1. The van der Waals surface area contributed by atoms with Crippen LogP contribution in [0.5, 0.6) is 69.0 Å². The molecule has 92 heavy (non-hydrogen) atoms. The number of alkyl halides is 8. The minimum absolute atomic E-state index is 0.00542. The van der Waals surface area contributed by atoms with Crippen molar-refractivity contribution >= 4 is 12.1 Å². The number of para-hydroxylation sites is 3. The van der Waals surface area contributed by atoms with Crippen LogP contribution in [-0.2, 0) is 45.2 Å². The van der Waals surface area contributed by atoms with E-state index in [-0.39, 0.29) is 64.3 Å². The molecule has 0 unspecified atom stereocenters. The number of rotatable bonds is 24. The van der Waals surface area contributed by atoms with Crippen molar-refractivity contribution in [3.05, 3.63) is 160 Å². The molecule has 19 nitrogen and oxygen atoms in total. The second kappa shape index (κ2) is 36.6. The molecule has 4 N–H and O–H groups in total. The second-order valence-corrected chi connectivity index (χ2v) is 20.2. The first-order chi connectivity index (χ1) is 43.4. The van der Waals surface area contributed by atoms with Crippen LogP contribution in [0.4, 0.5) is 35.1 Å². The summed E-state index contributed by atoms with van der Waals surface area (Å²) in [5.74, 6) is 3.44. The van der Waals surface area contributed by atoms with E-state index in [1.807, 2.05) is 36.4 Å². The lowest BCUT2D eigenvalue weighted by atomic mass is 9.92. The van der Waals surface area contributed by atoms with E-state index in [2.05, 4.69) is 50.7 Å². The van der Waals surface area contributed by atoms with Gasteiger partial charge in [0.15, 0.2) is 46.6 Å². The largest absolute Gasteiger partial charge is 0.573 e. The highest BCUT2D eigenvalue weighted by Gasteiger charge is 2.34. The number of halogens is 8. The summed E-state index contributed by atoms with van der Waals surface area (Å²) in [5, 5.41) is 10.6. The van der Waals surface area contributed by atoms with E-state index < -0.39 is 18.8 Å². The maximum absolute atomic E-state index is 12.6. The molecule has 7 aromatic rings. The molecule has 0 bridgehead atoms. The number of Topliss-reactive ketones (excluding diaryl/α,β-unsaturated/α-hetero) is 1. The van der Waals surface area contributed by atoms with Gasteiger partial charge in [0, 0.05) is 105 Å². The molecular formula is C65H79F8N5O14. The summed E-state index contributed by atoms with van der Waals surface area (Å²) in [6.45, 7) is 10.4. The highest BCUT2D eigenvalue weighted by Crippen LogP contribution is 2.38. The fraction of sp³-hybridized carbons (Fsp3) is 0.369. The standard InChI is InChI=1S/2C18H20F3NO4.C10H10F2O3.C10H16N2O.C9H13NO2/c2*1-23-14-8-7-12(16(9-14)24-2)10-22-11-13-5-4-6-15(17(13)25-3)26-18(19,20)21;1-10(11,12)15-8-5-3-4-7(6-13)9(8)14-2;1-7(13)8-6-9(10(2,3)4)11-12(8)5;1-11-8-4-3-7(6-10)9(5-8)12-2/h2*4-9,22H,10-11H2,1-3H3;3-6H,1-2H3;6H,1-5H3;3-5H,6,10H2,1-2H3. The molecule has 1 heterocycles. The number of nitrogens with two attached hydrogens (primary N) is 1. The van der Waals surface area contributed by atoms with Crippen molar-refractivity contribution in [1.29, 1.82) is 0 Å². The topological polar surface area (TPSA) is 213 Å². The number of nitrogens with one attached hydrogen (secondary N) is 2. The Morgan fingerprint density at radius 1 is 0.478 bits per heavy atom. The fourth-order valence-electron chi connectivity index (χ4n) is 8.24. The van der Waals surface area contributed by atoms with Crippen LogP contribution in [0.2, 0.25) is 0 Å². The van der Waals surface area contributed by atoms with E-state index in [1.54, 1.807) is 97.7 Å². The number of ketones is 1. The first-order valence-corrected chi connectivity index (χ1v) is 27.7. The third-order valence-electron chi connectivity index (χ3n) is 12.6. The van der Waals surface area contributed by atoms with E-state index in [0.29, 0.717) is 72.7 Å². The zero-order valence-corrected chi connectivity index (χ0v) is 53.8. The van der Waals surface area contributed by atoms with Crippen molar-refractivity contribution in [3.8, 4) is 69.0 Å². The molecule has 0 saturated heterocycles. The minimum atomic E-state index is -4.78. The molecule has 7 rings (SSSR count). The smallest absolute Gasteiger partial charge is 0.497 e. The molecule has 0 atom stereocenters. The van der Waals surface area contributed by atoms with Crippen LogP contribution in [-0.4, -0.2) is 105 Å². The van der Waals surface area contributed by atoms with Crippen molar-refractivity contribution in [2.75, 3.05) is 64.0 Å². The molecule has 0 spiro atoms. The number of benzene rings is 6. The van der Waals surface area contributed by atoms with Crippen LogP contribution >= 0.6 is 0 Å². The van der Waals surface area contributed by atoms with E-state index in [4.69, 9.17) is 48.4 Å². The molecule has 0 aliphatic rings. The average Bonchev–Trinajstić information content (AvgIpc) is 2.07. The number of nitrogens with zero attached hydrogens (tertiary/aromatic N) is 2. The Balaban J connectivity index is 0.000000312. The summed E-state index contributed by atoms with van der Waals surface area (Å²) >= 11 is 0. The molecule has 0 fully saturated rings. The Labute approximate surface area is 529 Å². The van der Waals surface area contributed by atoms with Gasteiger partial charge in [0.1, 0.15) is 40.2 Å². The Bertz CT molecular complexity index is 3300. The average molecular weight is 1310 g/mol. The number of ether oxygens (including phenoxy) is 12. The summed E-state index contributed by atoms with van der Waals surface area (Å²) in [6.07, 6.45) is -12.4. The van der Waals surface area contributed by atoms with E-state index in [0.717, 1.165) is 33.9 Å². The molecular weight excluding hydrogens is 1230 g/mol. The van der Waals surface area contributed by atoms with Gasteiger partial charge in [-0.15, -0.1) is 26.3 Å². The molecule has 504 valence electrons. The van der Waals surface area contributed by atoms with Crippen LogP contribution in [0, 0.1) is 0 Å². The molecule has 0 aliphatic carbocycles. The third-order valence-corrected chi connectivity index (χ3v) is 12.6. The lowest BCUT2D eigenvalue weighted by Gasteiger charge is -2.16. The number of aromatic nitrogens is 2. The molecule has 0 aliphatic heterocycles. The van der Waals surface area contributed by atoms with E-state index in [9.17, 15) is 44.7 Å². The van der Waals surface area contributed by atoms with Crippen molar-refractivity contribution in [2.45, 2.75) is 91.6 Å². The maximum Gasteiger partial charge on any atom is 0.573 e. The predicted molar refractivity (Wildman–Crippen MR) is 329 cm³/mol. The van der Waals surface area contributed by atoms with Gasteiger partial charge in [0.2, 0.25) is 0 Å². The SMILES string of the molecule is CC(=O)c1cc(C(C)(C)C)nn1C.COc1c(C=O)cccc1OC(C)(F)F.COc1ccc(CN)c(OC)c1.COc1ccc(CNCc2cccc(OC(F)(F)F)c2OC)c(OC)c1.COc1ccc(CNCc2cccc(OC(F)(F)F)c2OC)c(OC)c1. The van der Waals surface area contributed by atoms with Gasteiger partial charge in [-0.25, -0.2) is 0 Å². The predicted octanol–water partition coefficient (Wildman–Crippen LogP) is 13.4. The van der Waals surface area contributed by atoms with Gasteiger partial charge in [0.05, 0.1) is 75.2 Å². The Hall–Kier alpha value is -9.21. The second-order valence-electron chi connectivity index (χ2n) is 20.2. The Morgan fingerprint density at radius 3 is 1.15 bits per heavy atom. The highest BCUT2D eigenvalue weighted by atomic mass is 19.4. The van der Waals surface area contributed by atoms with Gasteiger partial charge in [-0.1, -0.05) is 69.3 Å². The number of carbonyl (C=O) groups is 2. The quantitative estimate of drug-likeness (QED) is 0.0291. The summed E-state index contributed by atoms with van der Waals surface area (Å²) < 4.78 is 160. The van der Waals surface area contributed by atoms with Gasteiger partial charge >= 0.3 is 18.8 Å². The zero-order valence-electron chi connectivity index (χ0n) is 53.8. The summed E-state index contributed by atoms with van der Waals surface area (Å²) in [5.41, 5.74) is 11.1. The number of hydrogen-bond acceptors (Lipinski definition) is 18. The van der Waals surface area contributed by atoms with Crippen molar-refractivity contribution in [2.24, 2.45) is 12.8 Å². The minimum Gasteiger partial charge on any atom is -0.497 e. The van der Waals surface area contributed by atoms with Crippen LogP contribution in [0.3, 0.4) is 0 Å². The summed E-state index contributed by atoms with van der Waals surface area (Å²) in [7, 11) is 15.2. The molecule has 0 radical (unpaired) electrons. The van der Waals surface area contributed by atoms with Crippen molar-refractivity contribution in [1.82, 2.24) is 20.4 Å². The van der Waals surface area contributed by atoms with Gasteiger partial charge in [-0.05, 0) is 48.5 Å². The molecule has 0 amide bonds.